The van der Waals surface area contributed by atoms with Gasteiger partial charge in [-0.05, 0) is 20.3 Å². The first-order valence-electron chi connectivity index (χ1n) is 5.64. The molecule has 0 atom stereocenters. The fourth-order valence-electron chi connectivity index (χ4n) is 1.53. The highest BCUT2D eigenvalue weighted by Crippen LogP contribution is 2.03. The molecule has 0 aromatic heterocycles. The molecule has 0 saturated carbocycles. The van der Waals surface area contributed by atoms with Crippen molar-refractivity contribution in [2.75, 3.05) is 33.3 Å². The molecule has 0 spiro atoms. The fourth-order valence-corrected chi connectivity index (χ4v) is 1.53. The van der Waals surface area contributed by atoms with Gasteiger partial charge in [-0.3, -0.25) is 9.59 Å². The van der Waals surface area contributed by atoms with Gasteiger partial charge in [0.15, 0.2) is 0 Å². The SMILES string of the molecule is CC(C)OCC(=O)N1CCCN(C)C(=O)C1. The molecule has 1 rings (SSSR count). The lowest BCUT2D eigenvalue weighted by Crippen LogP contribution is -2.40. The van der Waals surface area contributed by atoms with E-state index in [-0.39, 0.29) is 31.1 Å². The van der Waals surface area contributed by atoms with Gasteiger partial charge in [0, 0.05) is 20.1 Å². The van der Waals surface area contributed by atoms with Crippen LogP contribution in [0.5, 0.6) is 0 Å². The largest absolute Gasteiger partial charge is 0.369 e. The van der Waals surface area contributed by atoms with Gasteiger partial charge in [0.25, 0.3) is 0 Å². The normalized spacial score (nSPS) is 17.9. The van der Waals surface area contributed by atoms with E-state index in [1.165, 1.54) is 0 Å². The number of amides is 2. The maximum Gasteiger partial charge on any atom is 0.249 e. The molecule has 0 bridgehead atoms. The number of rotatable bonds is 3. The van der Waals surface area contributed by atoms with Crippen molar-refractivity contribution in [3.63, 3.8) is 0 Å². The second-order valence-electron chi connectivity index (χ2n) is 4.34. The average Bonchev–Trinajstić information content (AvgIpc) is 2.38. The summed E-state index contributed by atoms with van der Waals surface area (Å²) in [5.41, 5.74) is 0. The smallest absolute Gasteiger partial charge is 0.249 e. The number of carbonyl (C=O) groups excluding carboxylic acids is 2. The Balaban J connectivity index is 2.46. The highest BCUT2D eigenvalue weighted by Gasteiger charge is 2.22. The first-order valence-corrected chi connectivity index (χ1v) is 5.64. The van der Waals surface area contributed by atoms with Gasteiger partial charge in [0.2, 0.25) is 11.8 Å². The molecule has 1 heterocycles. The minimum atomic E-state index is -0.0997. The van der Waals surface area contributed by atoms with Crippen LogP contribution in [0, 0.1) is 0 Å². The van der Waals surface area contributed by atoms with Crippen molar-refractivity contribution in [3.05, 3.63) is 0 Å². The lowest BCUT2D eigenvalue weighted by Gasteiger charge is -2.20. The molecule has 0 aromatic rings. The van der Waals surface area contributed by atoms with E-state index < -0.39 is 0 Å². The van der Waals surface area contributed by atoms with Crippen molar-refractivity contribution in [2.45, 2.75) is 26.4 Å². The molecular weight excluding hydrogens is 208 g/mol. The number of likely N-dealkylation sites (N-methyl/N-ethyl adjacent to an activating group) is 1. The molecular formula is C11H20N2O3. The van der Waals surface area contributed by atoms with Crippen LogP contribution in [0.25, 0.3) is 0 Å². The maximum atomic E-state index is 11.7. The van der Waals surface area contributed by atoms with Crippen molar-refractivity contribution in [3.8, 4) is 0 Å². The summed E-state index contributed by atoms with van der Waals surface area (Å²) in [6.07, 6.45) is 0.865. The second-order valence-corrected chi connectivity index (χ2v) is 4.34. The van der Waals surface area contributed by atoms with Crippen LogP contribution in [-0.2, 0) is 14.3 Å². The Morgan fingerprint density at radius 3 is 2.75 bits per heavy atom. The summed E-state index contributed by atoms with van der Waals surface area (Å²) in [4.78, 5) is 26.5. The fraction of sp³-hybridized carbons (Fsp3) is 0.818. The highest BCUT2D eigenvalue weighted by atomic mass is 16.5. The van der Waals surface area contributed by atoms with Gasteiger partial charge in [-0.25, -0.2) is 0 Å². The lowest BCUT2D eigenvalue weighted by atomic mass is 10.4. The molecule has 1 aliphatic heterocycles. The predicted octanol–water partition coefficient (Wildman–Crippen LogP) is 0.102. The summed E-state index contributed by atoms with van der Waals surface area (Å²) in [6, 6.07) is 0. The van der Waals surface area contributed by atoms with Gasteiger partial charge in [-0.2, -0.15) is 0 Å². The van der Waals surface area contributed by atoms with Gasteiger partial charge < -0.3 is 14.5 Å². The molecule has 1 saturated heterocycles. The van der Waals surface area contributed by atoms with Crippen molar-refractivity contribution in [2.24, 2.45) is 0 Å². The van der Waals surface area contributed by atoms with Crippen LogP contribution >= 0.6 is 0 Å². The summed E-state index contributed by atoms with van der Waals surface area (Å²) < 4.78 is 5.24. The van der Waals surface area contributed by atoms with E-state index in [0.717, 1.165) is 6.42 Å². The first kappa shape index (κ1) is 13.0. The quantitative estimate of drug-likeness (QED) is 0.688. The van der Waals surface area contributed by atoms with E-state index in [1.807, 2.05) is 13.8 Å². The van der Waals surface area contributed by atoms with E-state index in [4.69, 9.17) is 4.74 Å². The van der Waals surface area contributed by atoms with Crippen molar-refractivity contribution < 1.29 is 14.3 Å². The van der Waals surface area contributed by atoms with Gasteiger partial charge in [0.05, 0.1) is 12.6 Å². The lowest BCUT2D eigenvalue weighted by molar-refractivity contribution is -0.142. The Morgan fingerprint density at radius 2 is 2.12 bits per heavy atom. The molecule has 2 amide bonds. The summed E-state index contributed by atoms with van der Waals surface area (Å²) in [7, 11) is 1.76. The molecule has 0 aromatic carbocycles. The molecule has 0 radical (unpaired) electrons. The van der Waals surface area contributed by atoms with Crippen LogP contribution in [0.2, 0.25) is 0 Å². The molecule has 0 unspecified atom stereocenters. The number of carbonyl (C=O) groups is 2. The molecule has 5 nitrogen and oxygen atoms in total. The molecule has 0 aliphatic carbocycles. The average molecular weight is 228 g/mol. The highest BCUT2D eigenvalue weighted by molar-refractivity contribution is 5.85. The number of hydrogen-bond acceptors (Lipinski definition) is 3. The molecule has 5 heteroatoms. The Morgan fingerprint density at radius 1 is 1.44 bits per heavy atom. The predicted molar refractivity (Wildman–Crippen MR) is 59.9 cm³/mol. The van der Waals surface area contributed by atoms with Gasteiger partial charge in [-0.1, -0.05) is 0 Å². The summed E-state index contributed by atoms with van der Waals surface area (Å²) >= 11 is 0. The van der Waals surface area contributed by atoms with E-state index in [1.54, 1.807) is 16.8 Å². The Hall–Kier alpha value is -1.10. The van der Waals surface area contributed by atoms with Crippen LogP contribution in [0.1, 0.15) is 20.3 Å². The zero-order chi connectivity index (χ0) is 12.1. The topological polar surface area (TPSA) is 49.9 Å². The van der Waals surface area contributed by atoms with Crippen LogP contribution in [0.3, 0.4) is 0 Å². The van der Waals surface area contributed by atoms with Crippen molar-refractivity contribution >= 4 is 11.8 Å². The van der Waals surface area contributed by atoms with Gasteiger partial charge in [-0.15, -0.1) is 0 Å². The minimum absolute atomic E-state index is 0.00426. The molecule has 0 N–H and O–H groups in total. The van der Waals surface area contributed by atoms with Crippen molar-refractivity contribution in [1.82, 2.24) is 9.80 Å². The molecule has 1 aliphatic rings. The second kappa shape index (κ2) is 5.84. The van der Waals surface area contributed by atoms with Gasteiger partial charge >= 0.3 is 0 Å². The van der Waals surface area contributed by atoms with E-state index in [9.17, 15) is 9.59 Å². The van der Waals surface area contributed by atoms with Gasteiger partial charge in [0.1, 0.15) is 6.61 Å². The Kier molecular flexibility index (Phi) is 4.73. The van der Waals surface area contributed by atoms with E-state index >= 15 is 0 Å². The van der Waals surface area contributed by atoms with Crippen LogP contribution < -0.4 is 0 Å². The summed E-state index contributed by atoms with van der Waals surface area (Å²) in [6.45, 7) is 5.36. The first-order chi connectivity index (χ1) is 7.50. The zero-order valence-corrected chi connectivity index (χ0v) is 10.2. The molecule has 16 heavy (non-hydrogen) atoms. The molecule has 92 valence electrons. The minimum Gasteiger partial charge on any atom is -0.369 e. The maximum absolute atomic E-state index is 11.7. The number of ether oxygens (including phenoxy) is 1. The standard InChI is InChI=1S/C11H20N2O3/c1-9(2)16-8-11(15)13-6-4-5-12(3)10(14)7-13/h9H,4-8H2,1-3H3. The Bertz CT molecular complexity index is 266. The number of hydrogen-bond donors (Lipinski definition) is 0. The number of nitrogens with zero attached hydrogens (tertiary/aromatic N) is 2. The van der Waals surface area contributed by atoms with Crippen LogP contribution in [0.15, 0.2) is 0 Å². The van der Waals surface area contributed by atoms with Crippen LogP contribution in [-0.4, -0.2) is 61.0 Å². The third-order valence-electron chi connectivity index (χ3n) is 2.57. The van der Waals surface area contributed by atoms with Crippen molar-refractivity contribution in [1.29, 1.82) is 0 Å². The third-order valence-corrected chi connectivity index (χ3v) is 2.57. The van der Waals surface area contributed by atoms with E-state index in [2.05, 4.69) is 0 Å². The summed E-state index contributed by atoms with van der Waals surface area (Å²) in [5, 5.41) is 0. The van der Waals surface area contributed by atoms with Crippen LogP contribution in [0.4, 0.5) is 0 Å². The molecule has 1 fully saturated rings. The third kappa shape index (κ3) is 3.81. The summed E-state index contributed by atoms with van der Waals surface area (Å²) in [5.74, 6) is -0.104. The van der Waals surface area contributed by atoms with E-state index in [0.29, 0.717) is 13.1 Å². The zero-order valence-electron chi connectivity index (χ0n) is 10.2. The monoisotopic (exact) mass is 228 g/mol. The Labute approximate surface area is 96.3 Å².